The van der Waals surface area contributed by atoms with Gasteiger partial charge in [-0.2, -0.15) is 0 Å². The van der Waals surface area contributed by atoms with E-state index in [1.165, 1.54) is 5.56 Å². The fraction of sp³-hybridized carbons (Fsp3) is 0.333. The summed E-state index contributed by atoms with van der Waals surface area (Å²) in [5, 5.41) is 0. The molecule has 1 aromatic rings. The van der Waals surface area contributed by atoms with Gasteiger partial charge in [0.15, 0.2) is 0 Å². The van der Waals surface area contributed by atoms with Crippen molar-refractivity contribution >= 4 is 0 Å². The third-order valence-corrected chi connectivity index (χ3v) is 2.35. The molecule has 17 heavy (non-hydrogen) atoms. The summed E-state index contributed by atoms with van der Waals surface area (Å²) in [7, 11) is 1.69. The number of allylic oxidation sites excluding steroid dienone is 3. The van der Waals surface area contributed by atoms with E-state index >= 15 is 0 Å². The first-order chi connectivity index (χ1) is 8.36. The zero-order chi connectivity index (χ0) is 12.3. The Balaban J connectivity index is 2.20. The molecule has 0 saturated heterocycles. The van der Waals surface area contributed by atoms with Crippen LogP contribution in [0.15, 0.2) is 54.3 Å². The number of rotatable bonds is 7. The van der Waals surface area contributed by atoms with Gasteiger partial charge < -0.3 is 9.47 Å². The van der Waals surface area contributed by atoms with Crippen molar-refractivity contribution in [2.45, 2.75) is 20.0 Å². The molecule has 2 nitrogen and oxygen atoms in total. The summed E-state index contributed by atoms with van der Waals surface area (Å²) in [4.78, 5) is 0. The minimum atomic E-state index is 0.617. The van der Waals surface area contributed by atoms with Crippen molar-refractivity contribution in [2.24, 2.45) is 0 Å². The molecule has 0 radical (unpaired) electrons. The lowest BCUT2D eigenvalue weighted by Crippen LogP contribution is -1.92. The summed E-state index contributed by atoms with van der Waals surface area (Å²) in [5.41, 5.74) is 1.20. The van der Waals surface area contributed by atoms with Gasteiger partial charge in [0.05, 0.1) is 26.1 Å². The predicted octanol–water partition coefficient (Wildman–Crippen LogP) is 3.70. The average Bonchev–Trinajstić information content (AvgIpc) is 2.39. The zero-order valence-corrected chi connectivity index (χ0v) is 10.6. The van der Waals surface area contributed by atoms with Gasteiger partial charge in [0, 0.05) is 6.42 Å². The Labute approximate surface area is 104 Å². The molecule has 0 heterocycles. The monoisotopic (exact) mass is 232 g/mol. The Bertz CT molecular complexity index is 346. The van der Waals surface area contributed by atoms with Crippen molar-refractivity contribution < 1.29 is 9.47 Å². The molecule has 0 aliphatic carbocycles. The predicted molar refractivity (Wildman–Crippen MR) is 70.6 cm³/mol. The van der Waals surface area contributed by atoms with Gasteiger partial charge in [-0.15, -0.1) is 0 Å². The van der Waals surface area contributed by atoms with Crippen LogP contribution in [0.4, 0.5) is 0 Å². The summed E-state index contributed by atoms with van der Waals surface area (Å²) in [5.74, 6) is 0.976. The first kappa shape index (κ1) is 13.5. The van der Waals surface area contributed by atoms with Gasteiger partial charge in [0.2, 0.25) is 0 Å². The lowest BCUT2D eigenvalue weighted by atomic mass is 10.2. The number of ether oxygens (including phenoxy) is 2. The van der Waals surface area contributed by atoms with Crippen LogP contribution in [-0.4, -0.2) is 13.7 Å². The normalized spacial score (nSPS) is 12.0. The second-order valence-corrected chi connectivity index (χ2v) is 3.62. The van der Waals surface area contributed by atoms with E-state index in [0.717, 1.165) is 12.2 Å². The summed E-state index contributed by atoms with van der Waals surface area (Å²) in [6.07, 6.45) is 6.82. The van der Waals surface area contributed by atoms with Crippen LogP contribution in [0.1, 0.15) is 18.9 Å². The SMILES string of the molecule is CC/C(=C\C=C/COCc1ccccc1)OC. The van der Waals surface area contributed by atoms with Crippen LogP contribution < -0.4 is 0 Å². The summed E-state index contributed by atoms with van der Waals surface area (Å²) < 4.78 is 10.7. The molecular weight excluding hydrogens is 212 g/mol. The highest BCUT2D eigenvalue weighted by Gasteiger charge is 1.89. The van der Waals surface area contributed by atoms with E-state index in [0.29, 0.717) is 13.2 Å². The zero-order valence-electron chi connectivity index (χ0n) is 10.6. The van der Waals surface area contributed by atoms with Crippen molar-refractivity contribution in [1.29, 1.82) is 0 Å². The molecule has 0 unspecified atom stereocenters. The van der Waals surface area contributed by atoms with Crippen LogP contribution in [0.25, 0.3) is 0 Å². The Hall–Kier alpha value is -1.54. The van der Waals surface area contributed by atoms with Crippen molar-refractivity contribution in [2.75, 3.05) is 13.7 Å². The maximum Gasteiger partial charge on any atom is 0.0952 e. The van der Waals surface area contributed by atoms with Gasteiger partial charge in [0.1, 0.15) is 0 Å². The van der Waals surface area contributed by atoms with E-state index in [9.17, 15) is 0 Å². The minimum Gasteiger partial charge on any atom is -0.501 e. The molecule has 0 spiro atoms. The molecule has 1 aromatic carbocycles. The quantitative estimate of drug-likeness (QED) is 0.405. The Morgan fingerprint density at radius 2 is 2.00 bits per heavy atom. The van der Waals surface area contributed by atoms with E-state index in [1.54, 1.807) is 7.11 Å². The van der Waals surface area contributed by atoms with Gasteiger partial charge in [-0.3, -0.25) is 0 Å². The van der Waals surface area contributed by atoms with Gasteiger partial charge in [-0.1, -0.05) is 49.4 Å². The van der Waals surface area contributed by atoms with Gasteiger partial charge in [0.25, 0.3) is 0 Å². The standard InChI is InChI=1S/C15H20O2/c1-3-15(16-2)11-7-8-12-17-13-14-9-5-4-6-10-14/h4-11H,3,12-13H2,1-2H3/b8-7-,15-11+. The van der Waals surface area contributed by atoms with Gasteiger partial charge >= 0.3 is 0 Å². The average molecular weight is 232 g/mol. The minimum absolute atomic E-state index is 0.617. The van der Waals surface area contributed by atoms with E-state index in [2.05, 4.69) is 19.1 Å². The maximum atomic E-state index is 5.51. The fourth-order valence-electron chi connectivity index (χ4n) is 1.38. The second-order valence-electron chi connectivity index (χ2n) is 3.62. The summed E-state index contributed by atoms with van der Waals surface area (Å²) in [6, 6.07) is 10.2. The highest BCUT2D eigenvalue weighted by molar-refractivity contribution is 5.13. The first-order valence-electron chi connectivity index (χ1n) is 5.88. The maximum absolute atomic E-state index is 5.51. The topological polar surface area (TPSA) is 18.5 Å². The third-order valence-electron chi connectivity index (χ3n) is 2.35. The molecule has 0 amide bonds. The molecule has 0 N–H and O–H groups in total. The molecule has 0 atom stereocenters. The second kappa shape index (κ2) is 8.59. The molecule has 0 fully saturated rings. The van der Waals surface area contributed by atoms with Crippen molar-refractivity contribution in [3.8, 4) is 0 Å². The van der Waals surface area contributed by atoms with Crippen LogP contribution >= 0.6 is 0 Å². The van der Waals surface area contributed by atoms with E-state index in [4.69, 9.17) is 9.47 Å². The number of benzene rings is 1. The lowest BCUT2D eigenvalue weighted by Gasteiger charge is -2.01. The van der Waals surface area contributed by atoms with E-state index in [1.807, 2.05) is 36.4 Å². The Morgan fingerprint density at radius 3 is 2.65 bits per heavy atom. The highest BCUT2D eigenvalue weighted by atomic mass is 16.5. The molecular formula is C15H20O2. The van der Waals surface area contributed by atoms with Crippen LogP contribution in [0.2, 0.25) is 0 Å². The lowest BCUT2D eigenvalue weighted by molar-refractivity contribution is 0.148. The van der Waals surface area contributed by atoms with Gasteiger partial charge in [-0.05, 0) is 11.6 Å². The Morgan fingerprint density at radius 1 is 1.24 bits per heavy atom. The highest BCUT2D eigenvalue weighted by Crippen LogP contribution is 2.02. The van der Waals surface area contributed by atoms with Crippen molar-refractivity contribution in [3.63, 3.8) is 0 Å². The van der Waals surface area contributed by atoms with Crippen LogP contribution in [0.5, 0.6) is 0 Å². The largest absolute Gasteiger partial charge is 0.501 e. The molecule has 0 aliphatic heterocycles. The number of hydrogen-bond donors (Lipinski definition) is 0. The summed E-state index contributed by atoms with van der Waals surface area (Å²) >= 11 is 0. The van der Waals surface area contributed by atoms with E-state index in [-0.39, 0.29) is 0 Å². The van der Waals surface area contributed by atoms with Crippen LogP contribution in [-0.2, 0) is 16.1 Å². The molecule has 0 bridgehead atoms. The van der Waals surface area contributed by atoms with Gasteiger partial charge in [-0.25, -0.2) is 0 Å². The first-order valence-corrected chi connectivity index (χ1v) is 5.88. The van der Waals surface area contributed by atoms with E-state index < -0.39 is 0 Å². The molecule has 2 heteroatoms. The number of methoxy groups -OCH3 is 1. The number of hydrogen-bond acceptors (Lipinski definition) is 2. The molecule has 0 saturated carbocycles. The fourth-order valence-corrected chi connectivity index (χ4v) is 1.38. The molecule has 0 aliphatic rings. The smallest absolute Gasteiger partial charge is 0.0952 e. The molecule has 92 valence electrons. The molecule has 0 aromatic heterocycles. The molecule has 1 rings (SSSR count). The van der Waals surface area contributed by atoms with Crippen molar-refractivity contribution in [3.05, 3.63) is 59.9 Å². The van der Waals surface area contributed by atoms with Crippen molar-refractivity contribution in [1.82, 2.24) is 0 Å². The van der Waals surface area contributed by atoms with Crippen LogP contribution in [0, 0.1) is 0 Å². The van der Waals surface area contributed by atoms with Crippen LogP contribution in [0.3, 0.4) is 0 Å². The summed E-state index contributed by atoms with van der Waals surface area (Å²) in [6.45, 7) is 3.33. The third kappa shape index (κ3) is 5.93. The Kier molecular flexibility index (Phi) is 6.84.